The van der Waals surface area contributed by atoms with Crippen LogP contribution >= 0.6 is 0 Å². The van der Waals surface area contributed by atoms with Crippen molar-refractivity contribution in [1.29, 1.82) is 15.8 Å². The van der Waals surface area contributed by atoms with Crippen molar-refractivity contribution in [2.24, 2.45) is 0 Å². The van der Waals surface area contributed by atoms with Gasteiger partial charge in [-0.15, -0.1) is 0 Å². The molecule has 0 spiro atoms. The zero-order chi connectivity index (χ0) is 28.4. The molecule has 0 aliphatic carbocycles. The predicted molar refractivity (Wildman–Crippen MR) is 167 cm³/mol. The molecule has 0 bridgehead atoms. The summed E-state index contributed by atoms with van der Waals surface area (Å²) >= 11 is 0. The number of hydrogen-bond donors (Lipinski definition) is 0. The number of hydrogen-bond acceptors (Lipinski definition) is 4. The number of anilines is 2. The lowest BCUT2D eigenvalue weighted by atomic mass is 9.48. The Kier molecular flexibility index (Phi) is 5.61. The Hall–Kier alpha value is -4.86. The largest absolute Gasteiger partial charge is 0.375 e. The minimum Gasteiger partial charge on any atom is -0.375 e. The van der Waals surface area contributed by atoms with E-state index < -0.39 is 16.1 Å². The molecule has 0 fully saturated rings. The van der Waals surface area contributed by atoms with Crippen molar-refractivity contribution in [2.75, 3.05) is 4.81 Å². The van der Waals surface area contributed by atoms with E-state index in [0.717, 1.165) is 21.7 Å². The van der Waals surface area contributed by atoms with E-state index in [9.17, 15) is 15.8 Å². The molecule has 2 aliphatic rings. The lowest BCUT2D eigenvalue weighted by Gasteiger charge is -2.48. The van der Waals surface area contributed by atoms with Gasteiger partial charge in [-0.1, -0.05) is 102 Å². The minimum atomic E-state index is -2.57. The fraction of sp³-hybridized carbons (Fsp3) is 0.125. The molecule has 0 N–H and O–H groups in total. The summed E-state index contributed by atoms with van der Waals surface area (Å²) in [7, 11) is -4.62. The molecule has 0 atom stereocenters. The second kappa shape index (κ2) is 8.84. The summed E-state index contributed by atoms with van der Waals surface area (Å²) in [4.78, 5) is 5.90. The molecular weight excluding hydrogens is 521 g/mol. The van der Waals surface area contributed by atoms with Crippen molar-refractivity contribution in [3.63, 3.8) is 0 Å². The number of benzene rings is 4. The first-order chi connectivity index (χ1) is 19.2. The van der Waals surface area contributed by atoms with Crippen LogP contribution in [-0.4, -0.2) is 23.0 Å². The van der Waals surface area contributed by atoms with E-state index in [2.05, 4.69) is 103 Å². The van der Waals surface area contributed by atoms with Crippen LogP contribution in [0.1, 0.15) is 16.7 Å². The maximum Gasteiger partial charge on any atom is 0.328 e. The van der Waals surface area contributed by atoms with Gasteiger partial charge in [-0.3, -0.25) is 0 Å². The molecule has 2 aliphatic heterocycles. The van der Waals surface area contributed by atoms with Crippen LogP contribution in [0.2, 0.25) is 26.2 Å². The van der Waals surface area contributed by atoms with Crippen LogP contribution in [0.25, 0.3) is 4.85 Å². The monoisotopic (exact) mass is 545 g/mol. The molecular formula is C32H24BN5Si2. The van der Waals surface area contributed by atoms with E-state index in [1.807, 2.05) is 12.1 Å². The molecule has 4 aromatic carbocycles. The van der Waals surface area contributed by atoms with Gasteiger partial charge in [-0.25, -0.2) is 4.85 Å². The molecule has 40 heavy (non-hydrogen) atoms. The summed E-state index contributed by atoms with van der Waals surface area (Å²) in [6.07, 6.45) is 0. The third-order valence-electron chi connectivity index (χ3n) is 8.65. The molecule has 0 amide bonds. The van der Waals surface area contributed by atoms with Crippen molar-refractivity contribution in [3.05, 3.63) is 101 Å². The van der Waals surface area contributed by atoms with Crippen molar-refractivity contribution >= 4 is 71.7 Å². The van der Waals surface area contributed by atoms with Crippen LogP contribution in [0, 0.1) is 40.6 Å². The molecule has 2 heterocycles. The number of nitriles is 3. The van der Waals surface area contributed by atoms with E-state index in [-0.39, 0.29) is 6.85 Å². The molecule has 4 aromatic rings. The van der Waals surface area contributed by atoms with Crippen molar-refractivity contribution in [1.82, 2.24) is 0 Å². The van der Waals surface area contributed by atoms with Gasteiger partial charge in [0, 0.05) is 11.4 Å². The molecule has 0 aromatic heterocycles. The third kappa shape index (κ3) is 3.35. The average Bonchev–Trinajstić information content (AvgIpc) is 2.97. The van der Waals surface area contributed by atoms with Gasteiger partial charge in [0.2, 0.25) is 0 Å². The smallest absolute Gasteiger partial charge is 0.328 e. The zero-order valence-corrected chi connectivity index (χ0v) is 24.7. The Morgan fingerprint density at radius 1 is 0.675 bits per heavy atom. The summed E-state index contributed by atoms with van der Waals surface area (Å²) < 4.78 is 0. The maximum atomic E-state index is 10.5. The molecule has 8 heteroatoms. The standard InChI is InChI=1S/C32H24BN5Si2/c1-37-24-16-23(20-36)32-30(17-24)40(4,5)29-15-21(18-34)14-22(19-35)31(29)38(32)33-25-10-6-8-12-27(25)39(2,3)28-13-9-7-11-26(28)33/h6-17H,2-5H3. The maximum absolute atomic E-state index is 10.5. The van der Waals surface area contributed by atoms with Crippen molar-refractivity contribution in [2.45, 2.75) is 26.2 Å². The fourth-order valence-electron chi connectivity index (χ4n) is 6.74. The molecule has 188 valence electrons. The van der Waals surface area contributed by atoms with Gasteiger partial charge in [0.25, 0.3) is 0 Å². The number of nitrogens with zero attached hydrogens (tertiary/aromatic N) is 5. The SMILES string of the molecule is [C-]#[N+]c1cc(C#N)c2c(c1)[Si](C)(C)c1cc(C#N)cc(C#N)c1N2B1c2ccccc2[Si](C)(C)c2ccccc21. The quantitative estimate of drug-likeness (QED) is 0.272. The Morgan fingerprint density at radius 3 is 1.70 bits per heavy atom. The number of fused-ring (bicyclic) bond motifs is 4. The van der Waals surface area contributed by atoms with E-state index in [4.69, 9.17) is 6.57 Å². The Bertz CT molecular complexity index is 1800. The average molecular weight is 546 g/mol. The van der Waals surface area contributed by atoms with Gasteiger partial charge in [0.1, 0.15) is 22.2 Å². The second-order valence-electron chi connectivity index (χ2n) is 11.5. The first-order valence-corrected chi connectivity index (χ1v) is 19.1. The van der Waals surface area contributed by atoms with Crippen molar-refractivity contribution in [3.8, 4) is 18.2 Å². The lowest BCUT2D eigenvalue weighted by molar-refractivity contribution is 1.33. The lowest BCUT2D eigenvalue weighted by Crippen LogP contribution is -2.78. The summed E-state index contributed by atoms with van der Waals surface area (Å²) in [6.45, 7) is 16.6. The summed E-state index contributed by atoms with van der Waals surface area (Å²) in [6, 6.07) is 31.4. The predicted octanol–water partition coefficient (Wildman–Crippen LogP) is 3.07. The van der Waals surface area contributed by atoms with Crippen molar-refractivity contribution < 1.29 is 0 Å². The van der Waals surface area contributed by atoms with Gasteiger partial charge >= 0.3 is 6.85 Å². The second-order valence-corrected chi connectivity index (χ2v) is 20.1. The topological polar surface area (TPSA) is 79.0 Å². The normalized spacial score (nSPS) is 15.2. The Labute approximate surface area is 237 Å². The minimum absolute atomic E-state index is 0.290. The Balaban J connectivity index is 1.82. The van der Waals surface area contributed by atoms with Crippen LogP contribution in [0.4, 0.5) is 17.1 Å². The van der Waals surface area contributed by atoms with Crippen LogP contribution in [0.15, 0.2) is 72.8 Å². The van der Waals surface area contributed by atoms with Gasteiger partial charge < -0.3 is 4.81 Å². The van der Waals surface area contributed by atoms with Crippen LogP contribution in [-0.2, 0) is 0 Å². The highest BCUT2D eigenvalue weighted by Gasteiger charge is 2.49. The first-order valence-electron chi connectivity index (χ1n) is 13.1. The molecule has 0 unspecified atom stereocenters. The highest BCUT2D eigenvalue weighted by Crippen LogP contribution is 2.39. The number of rotatable bonds is 1. The van der Waals surface area contributed by atoms with E-state index >= 15 is 0 Å². The molecule has 5 nitrogen and oxygen atoms in total. The van der Waals surface area contributed by atoms with Crippen LogP contribution in [0.3, 0.4) is 0 Å². The summed E-state index contributed by atoms with van der Waals surface area (Å²) in [5.74, 6) is 0. The fourth-order valence-corrected chi connectivity index (χ4v) is 12.9. The molecule has 6 rings (SSSR count). The molecule has 0 saturated carbocycles. The summed E-state index contributed by atoms with van der Waals surface area (Å²) in [5.41, 5.74) is 5.61. The summed E-state index contributed by atoms with van der Waals surface area (Å²) in [5, 5.41) is 35.4. The van der Waals surface area contributed by atoms with E-state index in [1.165, 1.54) is 21.3 Å². The first kappa shape index (κ1) is 25.4. The van der Waals surface area contributed by atoms with Crippen LogP contribution < -0.4 is 36.5 Å². The van der Waals surface area contributed by atoms with Gasteiger partial charge in [-0.05, 0) is 28.6 Å². The Morgan fingerprint density at radius 2 is 1.18 bits per heavy atom. The van der Waals surface area contributed by atoms with Crippen LogP contribution in [0.5, 0.6) is 0 Å². The zero-order valence-electron chi connectivity index (χ0n) is 22.7. The molecule has 0 saturated heterocycles. The van der Waals surface area contributed by atoms with Gasteiger partial charge in [-0.2, -0.15) is 15.8 Å². The highest BCUT2D eigenvalue weighted by molar-refractivity contribution is 7.12. The highest BCUT2D eigenvalue weighted by atomic mass is 28.3. The van der Waals surface area contributed by atoms with E-state index in [0.29, 0.717) is 22.4 Å². The van der Waals surface area contributed by atoms with Gasteiger partial charge in [0.15, 0.2) is 5.69 Å². The molecule has 0 radical (unpaired) electrons. The van der Waals surface area contributed by atoms with E-state index in [1.54, 1.807) is 12.1 Å². The third-order valence-corrected chi connectivity index (χ3v) is 15.7. The van der Waals surface area contributed by atoms with Gasteiger partial charge in [0.05, 0.1) is 35.4 Å².